The molecule has 6 heteroatoms. The highest BCUT2D eigenvalue weighted by atomic mass is 32.2. The zero-order chi connectivity index (χ0) is 18.0. The van der Waals surface area contributed by atoms with Crippen LogP contribution in [0.4, 0.5) is 0 Å². The molecule has 5 nitrogen and oxygen atoms in total. The molecule has 0 aliphatic carbocycles. The van der Waals surface area contributed by atoms with Gasteiger partial charge in [0.1, 0.15) is 5.75 Å². The van der Waals surface area contributed by atoms with Gasteiger partial charge in [0.25, 0.3) is 0 Å². The van der Waals surface area contributed by atoms with Crippen LogP contribution in [0.2, 0.25) is 0 Å². The SMILES string of the molecule is CCOc1ccc(CC(=O)N2CC[C@H](S(=O)(=O)C(C)(C)C)C2)cc1. The van der Waals surface area contributed by atoms with Gasteiger partial charge in [0.2, 0.25) is 5.91 Å². The van der Waals surface area contributed by atoms with Gasteiger partial charge in [-0.05, 0) is 51.8 Å². The van der Waals surface area contributed by atoms with E-state index in [0.29, 0.717) is 26.1 Å². The Labute approximate surface area is 144 Å². The quantitative estimate of drug-likeness (QED) is 0.816. The van der Waals surface area contributed by atoms with Crippen molar-refractivity contribution in [2.24, 2.45) is 0 Å². The number of carbonyl (C=O) groups excluding carboxylic acids is 1. The maximum Gasteiger partial charge on any atom is 0.227 e. The summed E-state index contributed by atoms with van der Waals surface area (Å²) in [6, 6.07) is 7.45. The minimum Gasteiger partial charge on any atom is -0.494 e. The average Bonchev–Trinajstić information content (AvgIpc) is 2.99. The van der Waals surface area contributed by atoms with Gasteiger partial charge >= 0.3 is 0 Å². The van der Waals surface area contributed by atoms with Crippen molar-refractivity contribution in [3.63, 3.8) is 0 Å². The number of amides is 1. The van der Waals surface area contributed by atoms with Crippen molar-refractivity contribution in [1.82, 2.24) is 4.90 Å². The van der Waals surface area contributed by atoms with E-state index in [1.165, 1.54) is 0 Å². The number of sulfone groups is 1. The van der Waals surface area contributed by atoms with Crippen LogP contribution in [-0.4, -0.2) is 48.9 Å². The summed E-state index contributed by atoms with van der Waals surface area (Å²) in [5, 5.41) is -0.457. The first kappa shape index (κ1) is 18.8. The number of benzene rings is 1. The Kier molecular flexibility index (Phi) is 5.58. The first-order chi connectivity index (χ1) is 11.1. The zero-order valence-electron chi connectivity index (χ0n) is 14.9. The third-order valence-electron chi connectivity index (χ3n) is 4.38. The fraction of sp³-hybridized carbons (Fsp3) is 0.611. The molecular weight excluding hydrogens is 326 g/mol. The molecule has 0 aromatic heterocycles. The van der Waals surface area contributed by atoms with Gasteiger partial charge < -0.3 is 9.64 Å². The largest absolute Gasteiger partial charge is 0.494 e. The molecule has 1 aliphatic heterocycles. The van der Waals surface area contributed by atoms with Crippen molar-refractivity contribution in [1.29, 1.82) is 0 Å². The van der Waals surface area contributed by atoms with Gasteiger partial charge in [0.05, 0.1) is 23.0 Å². The van der Waals surface area contributed by atoms with Crippen LogP contribution in [0.25, 0.3) is 0 Å². The van der Waals surface area contributed by atoms with E-state index in [2.05, 4.69) is 0 Å². The van der Waals surface area contributed by atoms with E-state index in [0.717, 1.165) is 11.3 Å². The summed E-state index contributed by atoms with van der Waals surface area (Å²) in [6.45, 7) is 8.49. The molecule has 1 aliphatic rings. The normalized spacial score (nSPS) is 18.7. The third-order valence-corrected chi connectivity index (χ3v) is 7.35. The maximum absolute atomic E-state index is 12.5. The number of likely N-dealkylation sites (tertiary alicyclic amines) is 1. The van der Waals surface area contributed by atoms with Crippen molar-refractivity contribution >= 4 is 15.7 Å². The summed E-state index contributed by atoms with van der Waals surface area (Å²) in [5.74, 6) is 0.761. The van der Waals surface area contributed by atoms with Crippen LogP contribution in [0.15, 0.2) is 24.3 Å². The zero-order valence-corrected chi connectivity index (χ0v) is 15.7. The van der Waals surface area contributed by atoms with Gasteiger partial charge in [-0.2, -0.15) is 0 Å². The van der Waals surface area contributed by atoms with Crippen molar-refractivity contribution < 1.29 is 17.9 Å². The van der Waals surface area contributed by atoms with Crippen molar-refractivity contribution in [2.75, 3.05) is 19.7 Å². The van der Waals surface area contributed by atoms with E-state index in [-0.39, 0.29) is 12.3 Å². The number of hydrogen-bond donors (Lipinski definition) is 0. The minimum absolute atomic E-state index is 0.0224. The van der Waals surface area contributed by atoms with E-state index in [1.807, 2.05) is 31.2 Å². The topological polar surface area (TPSA) is 63.7 Å². The lowest BCUT2D eigenvalue weighted by atomic mass is 10.1. The van der Waals surface area contributed by atoms with E-state index >= 15 is 0 Å². The van der Waals surface area contributed by atoms with Gasteiger partial charge in [0.15, 0.2) is 9.84 Å². The molecular formula is C18H27NO4S. The molecule has 0 radical (unpaired) electrons. The fourth-order valence-corrected chi connectivity index (χ4v) is 4.66. The third kappa shape index (κ3) is 4.09. The monoisotopic (exact) mass is 353 g/mol. The highest BCUT2D eigenvalue weighted by molar-refractivity contribution is 7.93. The predicted molar refractivity (Wildman–Crippen MR) is 95.0 cm³/mol. The van der Waals surface area contributed by atoms with Crippen LogP contribution in [0, 0.1) is 0 Å². The summed E-state index contributed by atoms with van der Waals surface area (Å²) in [7, 11) is -3.24. The van der Waals surface area contributed by atoms with E-state index in [9.17, 15) is 13.2 Å². The van der Waals surface area contributed by atoms with E-state index < -0.39 is 19.8 Å². The first-order valence-electron chi connectivity index (χ1n) is 8.38. The molecule has 1 aromatic rings. The Bertz CT molecular complexity index is 674. The summed E-state index contributed by atoms with van der Waals surface area (Å²) in [5.41, 5.74) is 0.908. The molecule has 0 N–H and O–H groups in total. The second-order valence-electron chi connectivity index (χ2n) is 7.16. The van der Waals surface area contributed by atoms with Gasteiger partial charge in [-0.15, -0.1) is 0 Å². The Morgan fingerprint density at radius 3 is 2.42 bits per heavy atom. The summed E-state index contributed by atoms with van der Waals surface area (Å²) < 4.78 is 29.7. The molecule has 2 rings (SSSR count). The predicted octanol–water partition coefficient (Wildman–Crippen LogP) is 2.44. The molecule has 1 atom stereocenters. The standard InChI is InChI=1S/C18H27NO4S/c1-5-23-15-8-6-14(7-9-15)12-17(20)19-11-10-16(13-19)24(21,22)18(2,3)4/h6-9,16H,5,10-13H2,1-4H3/t16-/m0/s1. The number of rotatable bonds is 5. The molecule has 134 valence electrons. The molecule has 0 spiro atoms. The minimum atomic E-state index is -3.24. The molecule has 1 saturated heterocycles. The van der Waals surface area contributed by atoms with Crippen LogP contribution < -0.4 is 4.74 Å². The van der Waals surface area contributed by atoms with Crippen LogP contribution in [0.5, 0.6) is 5.75 Å². The van der Waals surface area contributed by atoms with Gasteiger partial charge in [-0.3, -0.25) is 4.79 Å². The summed E-state index contributed by atoms with van der Waals surface area (Å²) in [4.78, 5) is 14.1. The first-order valence-corrected chi connectivity index (χ1v) is 9.92. The molecule has 1 fully saturated rings. The Morgan fingerprint density at radius 2 is 1.88 bits per heavy atom. The van der Waals surface area contributed by atoms with Crippen molar-refractivity contribution in [2.45, 2.75) is 50.5 Å². The lowest BCUT2D eigenvalue weighted by Gasteiger charge is -2.24. The molecule has 0 unspecified atom stereocenters. The molecule has 1 amide bonds. The Balaban J connectivity index is 1.97. The van der Waals surface area contributed by atoms with Crippen LogP contribution in [0.3, 0.4) is 0 Å². The lowest BCUT2D eigenvalue weighted by molar-refractivity contribution is -0.129. The van der Waals surface area contributed by atoms with Gasteiger partial charge in [-0.25, -0.2) is 8.42 Å². The smallest absolute Gasteiger partial charge is 0.227 e. The molecule has 1 aromatic carbocycles. The molecule has 24 heavy (non-hydrogen) atoms. The Hall–Kier alpha value is -1.56. The van der Waals surface area contributed by atoms with Crippen LogP contribution in [-0.2, 0) is 21.1 Å². The number of ether oxygens (including phenoxy) is 1. The van der Waals surface area contributed by atoms with Crippen molar-refractivity contribution in [3.05, 3.63) is 29.8 Å². The van der Waals surface area contributed by atoms with Crippen LogP contribution >= 0.6 is 0 Å². The lowest BCUT2D eigenvalue weighted by Crippen LogP contribution is -2.40. The summed E-state index contributed by atoms with van der Waals surface area (Å²) >= 11 is 0. The maximum atomic E-state index is 12.5. The fourth-order valence-electron chi connectivity index (χ4n) is 2.86. The molecule has 1 heterocycles. The highest BCUT2D eigenvalue weighted by Crippen LogP contribution is 2.27. The van der Waals surface area contributed by atoms with E-state index in [4.69, 9.17) is 4.74 Å². The van der Waals surface area contributed by atoms with Gasteiger partial charge in [0, 0.05) is 13.1 Å². The average molecular weight is 353 g/mol. The van der Waals surface area contributed by atoms with Gasteiger partial charge in [-0.1, -0.05) is 12.1 Å². The van der Waals surface area contributed by atoms with Crippen LogP contribution in [0.1, 0.15) is 39.7 Å². The molecule has 0 saturated carbocycles. The van der Waals surface area contributed by atoms with E-state index in [1.54, 1.807) is 25.7 Å². The number of carbonyl (C=O) groups is 1. The Morgan fingerprint density at radius 1 is 1.25 bits per heavy atom. The molecule has 0 bridgehead atoms. The second kappa shape index (κ2) is 7.13. The van der Waals surface area contributed by atoms with Crippen molar-refractivity contribution in [3.8, 4) is 5.75 Å². The second-order valence-corrected chi connectivity index (χ2v) is 10.1. The highest BCUT2D eigenvalue weighted by Gasteiger charge is 2.41. The number of hydrogen-bond acceptors (Lipinski definition) is 4. The summed E-state index contributed by atoms with van der Waals surface area (Å²) in [6.07, 6.45) is 0.809. The number of nitrogens with zero attached hydrogens (tertiary/aromatic N) is 1.